The van der Waals surface area contributed by atoms with E-state index >= 15 is 0 Å². The van der Waals surface area contributed by atoms with Crippen LogP contribution in [-0.2, 0) is 6.42 Å². The van der Waals surface area contributed by atoms with Crippen LogP contribution < -0.4 is 5.73 Å². The van der Waals surface area contributed by atoms with Crippen LogP contribution in [0.1, 0.15) is 22.9 Å². The van der Waals surface area contributed by atoms with Gasteiger partial charge in [-0.3, -0.25) is 4.98 Å². The molecule has 0 saturated heterocycles. The molecule has 0 radical (unpaired) electrons. The number of nitrogens with two attached hydrogens (primary N) is 1. The van der Waals surface area contributed by atoms with Crippen molar-refractivity contribution in [1.82, 2.24) is 4.98 Å². The third-order valence-electron chi connectivity index (χ3n) is 2.76. The standard InChI is InChI=1S/C14H15FN2/c1-10-6-7-12(9-17-10)14(16)8-11-4-2-3-5-13(11)15/h2-7,9,14H,8,16H2,1H3. The molecule has 2 rings (SSSR count). The number of hydrogen-bond acceptors (Lipinski definition) is 2. The molecule has 1 heterocycles. The lowest BCUT2D eigenvalue weighted by Gasteiger charge is -2.12. The fourth-order valence-electron chi connectivity index (χ4n) is 1.72. The van der Waals surface area contributed by atoms with E-state index in [0.717, 1.165) is 11.3 Å². The smallest absolute Gasteiger partial charge is 0.126 e. The van der Waals surface area contributed by atoms with Gasteiger partial charge in [-0.1, -0.05) is 24.3 Å². The minimum absolute atomic E-state index is 0.206. The molecule has 1 aromatic heterocycles. The summed E-state index contributed by atoms with van der Waals surface area (Å²) in [4.78, 5) is 4.19. The Morgan fingerprint density at radius 2 is 2.00 bits per heavy atom. The second kappa shape index (κ2) is 5.06. The summed E-state index contributed by atoms with van der Waals surface area (Å²) in [7, 11) is 0. The number of rotatable bonds is 3. The first kappa shape index (κ1) is 11.7. The van der Waals surface area contributed by atoms with Gasteiger partial charge in [-0.05, 0) is 36.6 Å². The van der Waals surface area contributed by atoms with Gasteiger partial charge in [0.2, 0.25) is 0 Å². The fraction of sp³-hybridized carbons (Fsp3) is 0.214. The molecule has 2 aromatic rings. The topological polar surface area (TPSA) is 38.9 Å². The van der Waals surface area contributed by atoms with Gasteiger partial charge in [0.15, 0.2) is 0 Å². The molecular weight excluding hydrogens is 215 g/mol. The monoisotopic (exact) mass is 230 g/mol. The minimum atomic E-state index is -0.222. The number of halogens is 1. The predicted molar refractivity (Wildman–Crippen MR) is 66.0 cm³/mol. The van der Waals surface area contributed by atoms with Gasteiger partial charge in [-0.15, -0.1) is 0 Å². The van der Waals surface area contributed by atoms with Crippen molar-refractivity contribution in [3.05, 3.63) is 65.2 Å². The molecule has 0 spiro atoms. The van der Waals surface area contributed by atoms with Crippen LogP contribution in [0.5, 0.6) is 0 Å². The largest absolute Gasteiger partial charge is 0.324 e. The molecule has 3 heteroatoms. The van der Waals surface area contributed by atoms with Crippen LogP contribution in [0.25, 0.3) is 0 Å². The van der Waals surface area contributed by atoms with E-state index in [1.807, 2.05) is 25.1 Å². The normalized spacial score (nSPS) is 12.4. The second-order valence-electron chi connectivity index (χ2n) is 4.13. The van der Waals surface area contributed by atoms with Crippen LogP contribution in [0.3, 0.4) is 0 Å². The van der Waals surface area contributed by atoms with Gasteiger partial charge in [-0.2, -0.15) is 0 Å². The van der Waals surface area contributed by atoms with Crippen molar-refractivity contribution in [3.63, 3.8) is 0 Å². The second-order valence-corrected chi connectivity index (χ2v) is 4.13. The van der Waals surface area contributed by atoms with E-state index < -0.39 is 0 Å². The maximum absolute atomic E-state index is 13.5. The molecule has 0 saturated carbocycles. The van der Waals surface area contributed by atoms with E-state index in [0.29, 0.717) is 12.0 Å². The van der Waals surface area contributed by atoms with Gasteiger partial charge in [-0.25, -0.2) is 4.39 Å². The summed E-state index contributed by atoms with van der Waals surface area (Å²) < 4.78 is 13.5. The van der Waals surface area contributed by atoms with Gasteiger partial charge < -0.3 is 5.73 Å². The zero-order chi connectivity index (χ0) is 12.3. The predicted octanol–water partition coefficient (Wildman–Crippen LogP) is 2.77. The summed E-state index contributed by atoms with van der Waals surface area (Å²) in [6.07, 6.45) is 2.23. The summed E-state index contributed by atoms with van der Waals surface area (Å²) in [5.41, 5.74) is 8.56. The quantitative estimate of drug-likeness (QED) is 0.880. The first-order chi connectivity index (χ1) is 8.16. The SMILES string of the molecule is Cc1ccc(C(N)Cc2ccccc2F)cn1. The molecule has 0 amide bonds. The zero-order valence-corrected chi connectivity index (χ0v) is 9.73. The molecule has 1 atom stereocenters. The van der Waals surface area contributed by atoms with Gasteiger partial charge in [0.1, 0.15) is 5.82 Å². The lowest BCUT2D eigenvalue weighted by molar-refractivity contribution is 0.593. The Bertz CT molecular complexity index is 494. The Hall–Kier alpha value is -1.74. The first-order valence-electron chi connectivity index (χ1n) is 5.58. The van der Waals surface area contributed by atoms with Gasteiger partial charge in [0.25, 0.3) is 0 Å². The molecule has 0 aliphatic heterocycles. The van der Waals surface area contributed by atoms with E-state index in [2.05, 4.69) is 4.98 Å². The average molecular weight is 230 g/mol. The van der Waals surface area contributed by atoms with E-state index in [1.54, 1.807) is 18.3 Å². The van der Waals surface area contributed by atoms with Crippen molar-refractivity contribution in [2.24, 2.45) is 5.73 Å². The number of aromatic nitrogens is 1. The molecule has 17 heavy (non-hydrogen) atoms. The summed E-state index contributed by atoms with van der Waals surface area (Å²) >= 11 is 0. The molecule has 2 nitrogen and oxygen atoms in total. The Morgan fingerprint density at radius 1 is 1.24 bits per heavy atom. The molecule has 0 bridgehead atoms. The third kappa shape index (κ3) is 2.88. The van der Waals surface area contributed by atoms with Crippen LogP contribution in [0, 0.1) is 12.7 Å². The maximum atomic E-state index is 13.5. The highest BCUT2D eigenvalue weighted by molar-refractivity contribution is 5.23. The van der Waals surface area contributed by atoms with E-state index in [1.165, 1.54) is 6.07 Å². The van der Waals surface area contributed by atoms with Crippen LogP contribution in [-0.4, -0.2) is 4.98 Å². The van der Waals surface area contributed by atoms with E-state index in [9.17, 15) is 4.39 Å². The lowest BCUT2D eigenvalue weighted by Crippen LogP contribution is -2.14. The molecule has 2 N–H and O–H groups in total. The van der Waals surface area contributed by atoms with Crippen molar-refractivity contribution in [3.8, 4) is 0 Å². The van der Waals surface area contributed by atoms with Gasteiger partial charge in [0, 0.05) is 17.9 Å². The van der Waals surface area contributed by atoms with E-state index in [-0.39, 0.29) is 11.9 Å². The lowest BCUT2D eigenvalue weighted by atomic mass is 10.0. The van der Waals surface area contributed by atoms with Gasteiger partial charge in [0.05, 0.1) is 0 Å². The molecule has 0 aliphatic carbocycles. The van der Waals surface area contributed by atoms with Crippen LogP contribution in [0.15, 0.2) is 42.6 Å². The summed E-state index contributed by atoms with van der Waals surface area (Å²) in [6.45, 7) is 1.92. The summed E-state index contributed by atoms with van der Waals surface area (Å²) in [5, 5.41) is 0. The van der Waals surface area contributed by atoms with E-state index in [4.69, 9.17) is 5.73 Å². The highest BCUT2D eigenvalue weighted by Gasteiger charge is 2.10. The molecule has 0 fully saturated rings. The highest BCUT2D eigenvalue weighted by atomic mass is 19.1. The Kier molecular flexibility index (Phi) is 3.49. The Balaban J connectivity index is 2.14. The number of nitrogens with zero attached hydrogens (tertiary/aromatic N) is 1. The van der Waals surface area contributed by atoms with Crippen molar-refractivity contribution < 1.29 is 4.39 Å². The molecular formula is C14H15FN2. The molecule has 1 unspecified atom stereocenters. The molecule has 0 aliphatic rings. The van der Waals surface area contributed by atoms with Crippen molar-refractivity contribution in [2.45, 2.75) is 19.4 Å². The van der Waals surface area contributed by atoms with Crippen molar-refractivity contribution in [2.75, 3.05) is 0 Å². The van der Waals surface area contributed by atoms with Crippen LogP contribution >= 0.6 is 0 Å². The molecule has 88 valence electrons. The average Bonchev–Trinajstić information content (AvgIpc) is 2.33. The first-order valence-corrected chi connectivity index (χ1v) is 5.58. The van der Waals surface area contributed by atoms with Gasteiger partial charge >= 0.3 is 0 Å². The van der Waals surface area contributed by atoms with Crippen molar-refractivity contribution in [1.29, 1.82) is 0 Å². The minimum Gasteiger partial charge on any atom is -0.324 e. The molecule has 1 aromatic carbocycles. The zero-order valence-electron chi connectivity index (χ0n) is 9.73. The Labute approximate surface area is 100 Å². The van der Waals surface area contributed by atoms with Crippen LogP contribution in [0.2, 0.25) is 0 Å². The summed E-state index contributed by atoms with van der Waals surface area (Å²) in [6, 6.07) is 10.3. The van der Waals surface area contributed by atoms with Crippen molar-refractivity contribution >= 4 is 0 Å². The maximum Gasteiger partial charge on any atom is 0.126 e. The Morgan fingerprint density at radius 3 is 2.65 bits per heavy atom. The third-order valence-corrected chi connectivity index (χ3v) is 2.76. The highest BCUT2D eigenvalue weighted by Crippen LogP contribution is 2.17. The van der Waals surface area contributed by atoms with Crippen LogP contribution in [0.4, 0.5) is 4.39 Å². The number of hydrogen-bond donors (Lipinski definition) is 1. The number of aryl methyl sites for hydroxylation is 1. The number of benzene rings is 1. The fourth-order valence-corrected chi connectivity index (χ4v) is 1.72. The summed E-state index contributed by atoms with van der Waals surface area (Å²) in [5.74, 6) is -0.206. The number of pyridine rings is 1.